The van der Waals surface area contributed by atoms with Crippen molar-refractivity contribution >= 4 is 21.8 Å². The minimum atomic E-state index is 0.281. The summed E-state index contributed by atoms with van der Waals surface area (Å²) in [4.78, 5) is 12.1. The van der Waals surface area contributed by atoms with Gasteiger partial charge in [-0.2, -0.15) is 0 Å². The number of carbonyl (C=O) groups is 1. The number of halogens is 1. The van der Waals surface area contributed by atoms with E-state index in [0.29, 0.717) is 22.7 Å². The van der Waals surface area contributed by atoms with Gasteiger partial charge in [0, 0.05) is 16.8 Å². The molecule has 0 bridgehead atoms. The fraction of sp³-hybridized carbons (Fsp3) is 0.900. The van der Waals surface area contributed by atoms with Crippen LogP contribution < -0.4 is 5.32 Å². The van der Waals surface area contributed by atoms with Gasteiger partial charge in [0.2, 0.25) is 5.91 Å². The highest BCUT2D eigenvalue weighted by atomic mass is 79.9. The second-order valence-corrected chi connectivity index (χ2v) is 5.56. The minimum absolute atomic E-state index is 0.281. The monoisotopic (exact) mass is 245 g/mol. The van der Waals surface area contributed by atoms with Gasteiger partial charge in [-0.25, -0.2) is 0 Å². The predicted molar refractivity (Wildman–Crippen MR) is 55.8 cm³/mol. The summed E-state index contributed by atoms with van der Waals surface area (Å²) in [7, 11) is 0. The van der Waals surface area contributed by atoms with Gasteiger partial charge in [0.15, 0.2) is 0 Å². The van der Waals surface area contributed by atoms with Crippen molar-refractivity contribution in [3.05, 3.63) is 0 Å². The fourth-order valence-corrected chi connectivity index (χ4v) is 2.77. The molecule has 0 radical (unpaired) electrons. The van der Waals surface area contributed by atoms with E-state index in [0.717, 1.165) is 12.8 Å². The number of hydrogen-bond donors (Lipinski definition) is 1. The molecule has 2 saturated carbocycles. The van der Waals surface area contributed by atoms with Crippen LogP contribution in [-0.4, -0.2) is 16.8 Å². The predicted octanol–water partition coefficient (Wildman–Crippen LogP) is 2.07. The topological polar surface area (TPSA) is 29.1 Å². The summed E-state index contributed by atoms with van der Waals surface area (Å²) >= 11 is 3.60. The van der Waals surface area contributed by atoms with Crippen molar-refractivity contribution in [3.8, 4) is 0 Å². The molecule has 0 saturated heterocycles. The average Bonchev–Trinajstić information content (AvgIpc) is 2.68. The molecule has 13 heavy (non-hydrogen) atoms. The zero-order valence-corrected chi connectivity index (χ0v) is 9.51. The van der Waals surface area contributed by atoms with E-state index in [1.54, 1.807) is 0 Å². The van der Waals surface area contributed by atoms with Crippen LogP contribution in [0, 0.1) is 11.8 Å². The third kappa shape index (κ3) is 2.06. The van der Waals surface area contributed by atoms with Crippen molar-refractivity contribution in [2.45, 2.75) is 43.5 Å². The van der Waals surface area contributed by atoms with Crippen LogP contribution in [0.5, 0.6) is 0 Å². The molecular formula is C10H16BrNO. The summed E-state index contributed by atoms with van der Waals surface area (Å²) in [5.41, 5.74) is 0. The third-order valence-electron chi connectivity index (χ3n) is 3.21. The lowest BCUT2D eigenvalue weighted by Gasteiger charge is -2.15. The highest BCUT2D eigenvalue weighted by molar-refractivity contribution is 9.09. The van der Waals surface area contributed by atoms with Gasteiger partial charge in [-0.15, -0.1) is 0 Å². The van der Waals surface area contributed by atoms with Crippen molar-refractivity contribution in [2.75, 3.05) is 0 Å². The zero-order chi connectivity index (χ0) is 9.42. The normalized spacial score (nSPS) is 43.2. The number of nitrogens with one attached hydrogen (secondary N) is 1. The Morgan fingerprint density at radius 2 is 2.15 bits per heavy atom. The van der Waals surface area contributed by atoms with Gasteiger partial charge in [-0.1, -0.05) is 29.3 Å². The lowest BCUT2D eigenvalue weighted by molar-refractivity contribution is -0.123. The summed E-state index contributed by atoms with van der Waals surface area (Å²) in [6, 6.07) is 0.389. The molecule has 2 fully saturated rings. The molecule has 1 amide bonds. The van der Waals surface area contributed by atoms with Gasteiger partial charge in [-0.3, -0.25) is 4.79 Å². The average molecular weight is 246 g/mol. The van der Waals surface area contributed by atoms with Gasteiger partial charge in [0.25, 0.3) is 0 Å². The number of hydrogen-bond acceptors (Lipinski definition) is 1. The van der Waals surface area contributed by atoms with E-state index in [-0.39, 0.29) is 5.91 Å². The molecule has 2 aliphatic carbocycles. The van der Waals surface area contributed by atoms with Crippen molar-refractivity contribution in [1.82, 2.24) is 5.32 Å². The number of rotatable bonds is 2. The van der Waals surface area contributed by atoms with E-state index < -0.39 is 0 Å². The van der Waals surface area contributed by atoms with E-state index in [2.05, 4.69) is 28.2 Å². The van der Waals surface area contributed by atoms with Crippen molar-refractivity contribution < 1.29 is 4.79 Å². The molecule has 0 aromatic carbocycles. The molecule has 0 aromatic rings. The number of amides is 1. The Hall–Kier alpha value is -0.0500. The smallest absolute Gasteiger partial charge is 0.223 e. The van der Waals surface area contributed by atoms with Crippen LogP contribution in [-0.2, 0) is 4.79 Å². The molecule has 2 rings (SSSR count). The molecule has 74 valence electrons. The maximum absolute atomic E-state index is 11.6. The number of alkyl halides is 1. The first kappa shape index (κ1) is 9.50. The molecule has 2 aliphatic rings. The Labute approximate surface area is 87.6 Å². The first-order valence-electron chi connectivity index (χ1n) is 5.13. The highest BCUT2D eigenvalue weighted by Crippen LogP contribution is 2.38. The molecule has 0 spiro atoms. The summed E-state index contributed by atoms with van der Waals surface area (Å²) in [5, 5.41) is 3.14. The molecule has 2 nitrogen and oxygen atoms in total. The van der Waals surface area contributed by atoms with Crippen molar-refractivity contribution in [2.24, 2.45) is 11.8 Å². The molecular weight excluding hydrogens is 230 g/mol. The zero-order valence-electron chi connectivity index (χ0n) is 7.92. The molecule has 3 heteroatoms. The summed E-state index contributed by atoms with van der Waals surface area (Å²) in [6.07, 6.45) is 4.67. The maximum Gasteiger partial charge on any atom is 0.223 e. The second kappa shape index (κ2) is 3.60. The van der Waals surface area contributed by atoms with Crippen LogP contribution in [0.4, 0.5) is 0 Å². The van der Waals surface area contributed by atoms with Gasteiger partial charge in [0.05, 0.1) is 0 Å². The van der Waals surface area contributed by atoms with Crippen LogP contribution in [0.3, 0.4) is 0 Å². The lowest BCUT2D eigenvalue weighted by Crippen LogP contribution is -2.38. The van der Waals surface area contributed by atoms with E-state index >= 15 is 0 Å². The lowest BCUT2D eigenvalue weighted by atomic mass is 10.2. The third-order valence-corrected chi connectivity index (χ3v) is 4.30. The Balaban J connectivity index is 1.80. The first-order chi connectivity index (χ1) is 6.18. The van der Waals surface area contributed by atoms with E-state index in [9.17, 15) is 4.79 Å². The SMILES string of the molecule is CC1CC1C(=O)NC1CCCC1Br. The molecule has 1 N–H and O–H groups in total. The molecule has 4 unspecified atom stereocenters. The number of carbonyl (C=O) groups excluding carboxylic acids is 1. The standard InChI is InChI=1S/C10H16BrNO/c1-6-5-7(6)10(13)12-9-4-2-3-8(9)11/h6-9H,2-5H2,1H3,(H,12,13). The van der Waals surface area contributed by atoms with Crippen molar-refractivity contribution in [1.29, 1.82) is 0 Å². The molecule has 0 aliphatic heterocycles. The van der Waals surface area contributed by atoms with Crippen molar-refractivity contribution in [3.63, 3.8) is 0 Å². The van der Waals surface area contributed by atoms with Crippen LogP contribution in [0.15, 0.2) is 0 Å². The van der Waals surface area contributed by atoms with Crippen LogP contribution in [0.2, 0.25) is 0 Å². The quantitative estimate of drug-likeness (QED) is 0.742. The Bertz CT molecular complexity index is 219. The van der Waals surface area contributed by atoms with Gasteiger partial charge in [0.1, 0.15) is 0 Å². The fourth-order valence-electron chi connectivity index (χ4n) is 2.05. The Morgan fingerprint density at radius 1 is 1.46 bits per heavy atom. The summed E-state index contributed by atoms with van der Waals surface area (Å²) in [6.45, 7) is 2.14. The van der Waals surface area contributed by atoms with Gasteiger partial charge < -0.3 is 5.32 Å². The molecule has 4 atom stereocenters. The van der Waals surface area contributed by atoms with Crippen LogP contribution >= 0.6 is 15.9 Å². The van der Waals surface area contributed by atoms with E-state index in [1.807, 2.05) is 0 Å². The first-order valence-corrected chi connectivity index (χ1v) is 6.04. The largest absolute Gasteiger partial charge is 0.352 e. The highest BCUT2D eigenvalue weighted by Gasteiger charge is 2.40. The second-order valence-electron chi connectivity index (χ2n) is 4.38. The summed E-state index contributed by atoms with van der Waals surface area (Å²) < 4.78 is 0. The van der Waals surface area contributed by atoms with E-state index in [4.69, 9.17) is 0 Å². The van der Waals surface area contributed by atoms with Gasteiger partial charge in [-0.05, 0) is 25.2 Å². The molecule has 0 heterocycles. The van der Waals surface area contributed by atoms with Crippen LogP contribution in [0.25, 0.3) is 0 Å². The molecule has 0 aromatic heterocycles. The summed E-state index contributed by atoms with van der Waals surface area (Å²) in [5.74, 6) is 1.22. The maximum atomic E-state index is 11.6. The van der Waals surface area contributed by atoms with Crippen LogP contribution in [0.1, 0.15) is 32.6 Å². The van der Waals surface area contributed by atoms with E-state index in [1.165, 1.54) is 12.8 Å². The Kier molecular flexibility index (Phi) is 2.63. The Morgan fingerprint density at radius 3 is 2.62 bits per heavy atom. The minimum Gasteiger partial charge on any atom is -0.352 e. The van der Waals surface area contributed by atoms with Gasteiger partial charge >= 0.3 is 0 Å².